The van der Waals surface area contributed by atoms with Gasteiger partial charge < -0.3 is 0 Å². The third-order valence-electron chi connectivity index (χ3n) is 12.8. The van der Waals surface area contributed by atoms with Crippen molar-refractivity contribution in [3.05, 3.63) is 264 Å². The molecular formula is C62H40N6. The summed E-state index contributed by atoms with van der Waals surface area (Å²) in [7, 11) is 0. The Balaban J connectivity index is 0.977. The first-order valence-corrected chi connectivity index (χ1v) is 22.2. The summed E-state index contributed by atoms with van der Waals surface area (Å²) in [4.78, 5) is 29.8. The van der Waals surface area contributed by atoms with E-state index in [9.17, 15) is 0 Å². The van der Waals surface area contributed by atoms with Gasteiger partial charge in [-0.15, -0.1) is 0 Å². The van der Waals surface area contributed by atoms with E-state index >= 15 is 0 Å². The Hall–Kier alpha value is -9.00. The van der Waals surface area contributed by atoms with Crippen molar-refractivity contribution in [1.29, 1.82) is 0 Å². The minimum Gasteiger partial charge on any atom is -0.208 e. The highest BCUT2D eigenvalue weighted by atomic mass is 15.0. The lowest BCUT2D eigenvalue weighted by atomic mass is 9.61. The molecular weight excluding hydrogens is 829 g/mol. The van der Waals surface area contributed by atoms with E-state index < -0.39 is 60.4 Å². The molecule has 318 valence electrons. The van der Waals surface area contributed by atoms with Crippen molar-refractivity contribution >= 4 is 0 Å². The Morgan fingerprint density at radius 1 is 0.250 bits per heavy atom. The molecule has 14 rings (SSSR count). The van der Waals surface area contributed by atoms with Gasteiger partial charge in [0.2, 0.25) is 0 Å². The Labute approximate surface area is 408 Å². The van der Waals surface area contributed by atoms with Crippen molar-refractivity contribution in [1.82, 2.24) is 29.9 Å². The van der Waals surface area contributed by atoms with Gasteiger partial charge in [-0.05, 0) is 67.8 Å². The standard InChI is InChI=1S/C62H40N6/c1-5-19-39(20-6-1)45-27-13-17-31-51(45)61-65-57(41-23-9-3-10-24-41)63-59(67-61)43-33-35-49-53(37-43)55-47-29-15-16-30-48(47)56(49)54-38-44(34-36-50(54)55)60-64-58(42-25-11-4-12-26-42)66-62(68-60)52-32-18-14-28-46(52)40-21-7-2-8-22-40/h1-38,55-56H/i3D,4D,9D,10D,11D,12D,23D,24D,25D,26D. The summed E-state index contributed by atoms with van der Waals surface area (Å²) in [6.45, 7) is 0. The smallest absolute Gasteiger partial charge is 0.164 e. The van der Waals surface area contributed by atoms with E-state index in [1.54, 1.807) is 0 Å². The molecule has 0 saturated carbocycles. The molecule has 2 atom stereocenters. The van der Waals surface area contributed by atoms with Gasteiger partial charge in [0.25, 0.3) is 0 Å². The van der Waals surface area contributed by atoms with Crippen molar-refractivity contribution in [3.8, 4) is 90.6 Å². The number of aromatic nitrogens is 6. The molecule has 2 aromatic heterocycles. The topological polar surface area (TPSA) is 77.3 Å². The highest BCUT2D eigenvalue weighted by Gasteiger charge is 2.41. The normalized spacial score (nSPS) is 16.2. The van der Waals surface area contributed by atoms with Crippen LogP contribution in [0.15, 0.2) is 230 Å². The summed E-state index contributed by atoms with van der Waals surface area (Å²) in [6.07, 6.45) is 0. The van der Waals surface area contributed by atoms with Crippen LogP contribution in [0.25, 0.3) is 90.6 Å². The third kappa shape index (κ3) is 6.81. The molecule has 68 heavy (non-hydrogen) atoms. The zero-order chi connectivity index (χ0) is 53.7. The van der Waals surface area contributed by atoms with Gasteiger partial charge in [0.15, 0.2) is 34.9 Å². The van der Waals surface area contributed by atoms with Crippen LogP contribution in [0.4, 0.5) is 0 Å². The van der Waals surface area contributed by atoms with Gasteiger partial charge in [-0.2, -0.15) is 0 Å². The van der Waals surface area contributed by atoms with Gasteiger partial charge in [-0.25, -0.2) is 29.9 Å². The molecule has 0 radical (unpaired) electrons. The lowest BCUT2D eigenvalue weighted by Crippen LogP contribution is -2.27. The predicted octanol–water partition coefficient (Wildman–Crippen LogP) is 14.4. The molecule has 0 fully saturated rings. The maximum absolute atomic E-state index is 8.95. The van der Waals surface area contributed by atoms with Gasteiger partial charge >= 0.3 is 0 Å². The summed E-state index contributed by atoms with van der Waals surface area (Å²) in [6, 6.07) is 50.9. The van der Waals surface area contributed by atoms with Crippen molar-refractivity contribution in [2.24, 2.45) is 0 Å². The molecule has 2 heterocycles. The molecule has 2 unspecified atom stereocenters. The van der Waals surface area contributed by atoms with Gasteiger partial charge in [0.05, 0.1) is 13.7 Å². The summed E-state index contributed by atoms with van der Waals surface area (Å²) >= 11 is 0. The first-order valence-electron chi connectivity index (χ1n) is 27.2. The Morgan fingerprint density at radius 3 is 0.985 bits per heavy atom. The average Bonchev–Trinajstić information content (AvgIpc) is 3.59. The molecule has 6 nitrogen and oxygen atoms in total. The van der Waals surface area contributed by atoms with Gasteiger partial charge in [0, 0.05) is 45.2 Å². The molecule has 6 heteroatoms. The third-order valence-corrected chi connectivity index (χ3v) is 12.8. The molecule has 11 aromatic rings. The number of hydrogen-bond donors (Lipinski definition) is 0. The molecule has 2 bridgehead atoms. The fourth-order valence-electron chi connectivity index (χ4n) is 9.79. The largest absolute Gasteiger partial charge is 0.208 e. The van der Waals surface area contributed by atoms with E-state index in [-0.39, 0.29) is 57.9 Å². The van der Waals surface area contributed by atoms with Crippen LogP contribution in [-0.2, 0) is 0 Å². The van der Waals surface area contributed by atoms with Crippen molar-refractivity contribution in [3.63, 3.8) is 0 Å². The van der Waals surface area contributed by atoms with Crippen LogP contribution < -0.4 is 0 Å². The van der Waals surface area contributed by atoms with Crippen molar-refractivity contribution < 1.29 is 13.7 Å². The van der Waals surface area contributed by atoms with Crippen LogP contribution in [0, 0.1) is 0 Å². The van der Waals surface area contributed by atoms with E-state index in [2.05, 4.69) is 36.4 Å². The fraction of sp³-hybridized carbons (Fsp3) is 0.0323. The molecule has 0 N–H and O–H groups in total. The SMILES string of the molecule is [2H]c1c([2H])c([2H])c(-c2nc(-c3ccc4c(c3)C3c5ccccc5C4c4cc(-c5nc(-c6ccccc6-c6ccccc6)nc(-c6c([2H])c([2H])c([2H])c([2H])c6[2H])n5)ccc43)nc(-c3ccccc3-c3ccccc3)n2)c([2H])c1[2H]. The molecule has 0 amide bonds. The highest BCUT2D eigenvalue weighted by Crippen LogP contribution is 2.56. The van der Waals surface area contributed by atoms with Crippen molar-refractivity contribution in [2.75, 3.05) is 0 Å². The van der Waals surface area contributed by atoms with E-state index in [4.69, 9.17) is 43.6 Å². The first-order chi connectivity index (χ1) is 37.9. The quantitative estimate of drug-likeness (QED) is 0.151. The predicted molar refractivity (Wildman–Crippen MR) is 271 cm³/mol. The molecule has 9 aromatic carbocycles. The zero-order valence-electron chi connectivity index (χ0n) is 46.0. The van der Waals surface area contributed by atoms with Gasteiger partial charge in [-0.1, -0.05) is 218 Å². The van der Waals surface area contributed by atoms with Crippen LogP contribution in [0.1, 0.15) is 58.9 Å². The monoisotopic (exact) mass is 878 g/mol. The second-order valence-corrected chi connectivity index (χ2v) is 16.6. The van der Waals surface area contributed by atoms with Crippen LogP contribution in [0.2, 0.25) is 0 Å². The molecule has 0 spiro atoms. The van der Waals surface area contributed by atoms with E-state index in [1.165, 1.54) is 0 Å². The number of nitrogens with zero attached hydrogens (tertiary/aromatic N) is 6. The minimum absolute atomic E-state index is 0.0582. The zero-order valence-corrected chi connectivity index (χ0v) is 36.0. The second kappa shape index (κ2) is 16.5. The highest BCUT2D eigenvalue weighted by molar-refractivity contribution is 5.84. The van der Waals surface area contributed by atoms with Crippen LogP contribution in [0.5, 0.6) is 0 Å². The van der Waals surface area contributed by atoms with E-state index in [1.807, 2.05) is 133 Å². The summed E-state index contributed by atoms with van der Waals surface area (Å²) in [5, 5.41) is 0. The summed E-state index contributed by atoms with van der Waals surface area (Å²) < 4.78 is 86.6. The van der Waals surface area contributed by atoms with E-state index in [0.717, 1.165) is 55.6 Å². The Morgan fingerprint density at radius 2 is 0.574 bits per heavy atom. The number of hydrogen-bond acceptors (Lipinski definition) is 6. The van der Waals surface area contributed by atoms with Crippen molar-refractivity contribution in [2.45, 2.75) is 11.8 Å². The van der Waals surface area contributed by atoms with Crippen LogP contribution in [-0.4, -0.2) is 29.9 Å². The number of rotatable bonds is 8. The summed E-state index contributed by atoms with van der Waals surface area (Å²) in [5.41, 5.74) is 12.3. The van der Waals surface area contributed by atoms with Crippen LogP contribution in [0.3, 0.4) is 0 Å². The molecule has 0 saturated heterocycles. The average molecular weight is 879 g/mol. The lowest BCUT2D eigenvalue weighted by Gasteiger charge is -2.42. The maximum atomic E-state index is 8.95. The molecule has 3 aliphatic rings. The second-order valence-electron chi connectivity index (χ2n) is 16.6. The molecule has 0 aliphatic heterocycles. The van der Waals surface area contributed by atoms with Gasteiger partial charge in [-0.3, -0.25) is 0 Å². The summed E-state index contributed by atoms with van der Waals surface area (Å²) in [5.74, 6) is 0.429. The van der Waals surface area contributed by atoms with E-state index in [0.29, 0.717) is 22.3 Å². The minimum atomic E-state index is -0.518. The van der Waals surface area contributed by atoms with Gasteiger partial charge in [0.1, 0.15) is 0 Å². The Kier molecular flexibility index (Phi) is 7.32. The lowest BCUT2D eigenvalue weighted by molar-refractivity contribution is 0.754. The Bertz CT molecular complexity index is 3980. The number of benzene rings is 9. The maximum Gasteiger partial charge on any atom is 0.164 e. The molecule has 3 aliphatic carbocycles. The fourth-order valence-corrected chi connectivity index (χ4v) is 9.79. The van der Waals surface area contributed by atoms with Crippen LogP contribution >= 0.6 is 0 Å². The first kappa shape index (κ1) is 30.3.